The topological polar surface area (TPSA) is 38.3 Å². The number of carbonyl (C=O) groups excluding carboxylic acids is 1. The van der Waals surface area contributed by atoms with Gasteiger partial charge in [0.1, 0.15) is 0 Å². The van der Waals surface area contributed by atoms with Gasteiger partial charge in [0, 0.05) is 22.7 Å². The quantitative estimate of drug-likeness (QED) is 0.852. The minimum absolute atomic E-state index is 0.273. The molecule has 1 aliphatic heterocycles. The summed E-state index contributed by atoms with van der Waals surface area (Å²) in [6.45, 7) is 4.21. The van der Waals surface area contributed by atoms with Gasteiger partial charge in [0.05, 0.1) is 12.7 Å². The number of esters is 1. The van der Waals surface area contributed by atoms with Gasteiger partial charge in [-0.2, -0.15) is 11.8 Å². The van der Waals surface area contributed by atoms with E-state index in [2.05, 4.69) is 12.2 Å². The third-order valence-electron chi connectivity index (χ3n) is 3.30. The van der Waals surface area contributed by atoms with Crippen LogP contribution in [0.15, 0.2) is 18.2 Å². The Kier molecular flexibility index (Phi) is 4.17. The molecule has 0 aromatic heterocycles. The lowest BCUT2D eigenvalue weighted by Gasteiger charge is -2.17. The van der Waals surface area contributed by atoms with Crippen molar-refractivity contribution in [2.75, 3.05) is 18.2 Å². The van der Waals surface area contributed by atoms with Gasteiger partial charge < -0.3 is 10.1 Å². The van der Waals surface area contributed by atoms with Crippen LogP contribution in [0.4, 0.5) is 5.69 Å². The molecule has 2 rings (SSSR count). The summed E-state index contributed by atoms with van der Waals surface area (Å²) in [4.78, 5) is 11.6. The molecule has 0 amide bonds. The minimum Gasteiger partial charge on any atom is -0.465 e. The lowest BCUT2D eigenvalue weighted by Crippen LogP contribution is -2.20. The van der Waals surface area contributed by atoms with Gasteiger partial charge in [-0.3, -0.25) is 0 Å². The van der Waals surface area contributed by atoms with E-state index in [1.165, 1.54) is 13.5 Å². The average molecular weight is 265 g/mol. The van der Waals surface area contributed by atoms with Crippen LogP contribution >= 0.6 is 11.8 Å². The van der Waals surface area contributed by atoms with E-state index in [0.717, 1.165) is 17.0 Å². The van der Waals surface area contributed by atoms with Crippen molar-refractivity contribution in [3.63, 3.8) is 0 Å². The molecule has 0 bridgehead atoms. The molecular weight excluding hydrogens is 246 g/mol. The molecule has 18 heavy (non-hydrogen) atoms. The first-order chi connectivity index (χ1) is 8.61. The molecule has 1 aromatic rings. The van der Waals surface area contributed by atoms with Gasteiger partial charge in [-0.05, 0) is 31.0 Å². The molecule has 1 aromatic carbocycles. The first kappa shape index (κ1) is 13.3. The smallest absolute Gasteiger partial charge is 0.338 e. The standard InChI is InChI=1S/C14H19NO2S/c1-9-7-11(8-18-9)15-13-6-4-5-12(10(13)2)14(16)17-3/h4-6,9,11,15H,7-8H2,1-3H3. The Balaban J connectivity index is 2.16. The highest BCUT2D eigenvalue weighted by atomic mass is 32.2. The van der Waals surface area contributed by atoms with Crippen LogP contribution in [-0.2, 0) is 4.74 Å². The summed E-state index contributed by atoms with van der Waals surface area (Å²) in [6.07, 6.45) is 1.17. The number of nitrogens with one attached hydrogen (secondary N) is 1. The summed E-state index contributed by atoms with van der Waals surface area (Å²) in [5.41, 5.74) is 2.65. The van der Waals surface area contributed by atoms with Crippen molar-refractivity contribution in [3.8, 4) is 0 Å². The number of benzene rings is 1. The summed E-state index contributed by atoms with van der Waals surface area (Å²) >= 11 is 1.99. The lowest BCUT2D eigenvalue weighted by atomic mass is 10.1. The summed E-state index contributed by atoms with van der Waals surface area (Å²) < 4.78 is 4.79. The Bertz CT molecular complexity index is 447. The van der Waals surface area contributed by atoms with Crippen LogP contribution in [0.5, 0.6) is 0 Å². The van der Waals surface area contributed by atoms with Crippen molar-refractivity contribution in [3.05, 3.63) is 29.3 Å². The molecule has 98 valence electrons. The van der Waals surface area contributed by atoms with Crippen LogP contribution in [0.3, 0.4) is 0 Å². The van der Waals surface area contributed by atoms with Crippen molar-refractivity contribution in [2.24, 2.45) is 0 Å². The van der Waals surface area contributed by atoms with Gasteiger partial charge in [-0.15, -0.1) is 0 Å². The Morgan fingerprint density at radius 1 is 1.50 bits per heavy atom. The van der Waals surface area contributed by atoms with E-state index in [1.807, 2.05) is 30.8 Å². The van der Waals surface area contributed by atoms with Gasteiger partial charge in [-0.1, -0.05) is 13.0 Å². The third kappa shape index (κ3) is 2.80. The van der Waals surface area contributed by atoms with Crippen LogP contribution in [-0.4, -0.2) is 30.1 Å². The number of hydrogen-bond donors (Lipinski definition) is 1. The number of rotatable bonds is 3. The van der Waals surface area contributed by atoms with Crippen molar-refractivity contribution < 1.29 is 9.53 Å². The van der Waals surface area contributed by atoms with Gasteiger partial charge in [0.2, 0.25) is 0 Å². The molecule has 2 unspecified atom stereocenters. The van der Waals surface area contributed by atoms with E-state index >= 15 is 0 Å². The molecule has 0 aliphatic carbocycles. The number of hydrogen-bond acceptors (Lipinski definition) is 4. The third-order valence-corrected chi connectivity index (χ3v) is 4.65. The van der Waals surface area contributed by atoms with Crippen LogP contribution in [0.1, 0.15) is 29.3 Å². The number of ether oxygens (including phenoxy) is 1. The van der Waals surface area contributed by atoms with E-state index in [9.17, 15) is 4.79 Å². The van der Waals surface area contributed by atoms with Crippen LogP contribution < -0.4 is 5.32 Å². The zero-order chi connectivity index (χ0) is 13.1. The first-order valence-electron chi connectivity index (χ1n) is 6.18. The molecule has 1 aliphatic rings. The number of methoxy groups -OCH3 is 1. The second kappa shape index (κ2) is 5.65. The zero-order valence-electron chi connectivity index (χ0n) is 11.0. The lowest BCUT2D eigenvalue weighted by molar-refractivity contribution is 0.0600. The number of thioether (sulfide) groups is 1. The van der Waals surface area contributed by atoms with Crippen LogP contribution in [0.25, 0.3) is 0 Å². The molecule has 1 saturated heterocycles. The fourth-order valence-corrected chi connectivity index (χ4v) is 3.41. The predicted molar refractivity (Wildman–Crippen MR) is 76.5 cm³/mol. The van der Waals surface area contributed by atoms with Gasteiger partial charge in [0.15, 0.2) is 0 Å². The van der Waals surface area contributed by atoms with Gasteiger partial charge in [0.25, 0.3) is 0 Å². The molecule has 1 N–H and O–H groups in total. The first-order valence-corrected chi connectivity index (χ1v) is 7.22. The maximum absolute atomic E-state index is 11.6. The number of carbonyl (C=O) groups is 1. The molecule has 0 radical (unpaired) electrons. The molecule has 0 saturated carbocycles. The largest absolute Gasteiger partial charge is 0.465 e. The van der Waals surface area contributed by atoms with Gasteiger partial charge >= 0.3 is 5.97 Å². The van der Waals surface area contributed by atoms with E-state index < -0.39 is 0 Å². The monoisotopic (exact) mass is 265 g/mol. The average Bonchev–Trinajstić information content (AvgIpc) is 2.76. The summed E-state index contributed by atoms with van der Waals surface area (Å²) in [7, 11) is 1.41. The molecule has 1 fully saturated rings. The molecule has 2 atom stereocenters. The summed E-state index contributed by atoms with van der Waals surface area (Å²) in [5.74, 6) is 0.855. The van der Waals surface area contributed by atoms with Gasteiger partial charge in [-0.25, -0.2) is 4.79 Å². The second-order valence-corrected chi connectivity index (χ2v) is 6.16. The van der Waals surface area contributed by atoms with E-state index in [4.69, 9.17) is 4.74 Å². The summed E-state index contributed by atoms with van der Waals surface area (Å²) in [6, 6.07) is 6.22. The van der Waals surface area contributed by atoms with Crippen LogP contribution in [0, 0.1) is 6.92 Å². The van der Waals surface area contributed by atoms with E-state index in [0.29, 0.717) is 16.9 Å². The highest BCUT2D eigenvalue weighted by Crippen LogP contribution is 2.29. The Hall–Kier alpha value is -1.16. The fourth-order valence-electron chi connectivity index (χ4n) is 2.26. The van der Waals surface area contributed by atoms with Crippen molar-refractivity contribution in [2.45, 2.75) is 31.6 Å². The van der Waals surface area contributed by atoms with Crippen molar-refractivity contribution >= 4 is 23.4 Å². The van der Waals surface area contributed by atoms with E-state index in [-0.39, 0.29) is 5.97 Å². The maximum Gasteiger partial charge on any atom is 0.338 e. The number of anilines is 1. The normalized spacial score (nSPS) is 22.8. The molecule has 3 nitrogen and oxygen atoms in total. The predicted octanol–water partition coefficient (Wildman–Crippen LogP) is 3.09. The van der Waals surface area contributed by atoms with Crippen LogP contribution in [0.2, 0.25) is 0 Å². The van der Waals surface area contributed by atoms with Crippen molar-refractivity contribution in [1.29, 1.82) is 0 Å². The Morgan fingerprint density at radius 2 is 2.28 bits per heavy atom. The SMILES string of the molecule is COC(=O)c1cccc(NC2CSC(C)C2)c1C. The molecule has 4 heteroatoms. The highest BCUT2D eigenvalue weighted by Gasteiger charge is 2.22. The zero-order valence-corrected chi connectivity index (χ0v) is 11.8. The second-order valence-electron chi connectivity index (χ2n) is 4.69. The van der Waals surface area contributed by atoms with Crippen molar-refractivity contribution in [1.82, 2.24) is 0 Å². The Labute approximate surface area is 112 Å². The maximum atomic E-state index is 11.6. The fraction of sp³-hybridized carbons (Fsp3) is 0.500. The molecule has 0 spiro atoms. The highest BCUT2D eigenvalue weighted by molar-refractivity contribution is 8.00. The molecule has 1 heterocycles. The minimum atomic E-state index is -0.273. The summed E-state index contributed by atoms with van der Waals surface area (Å²) in [5, 5.41) is 4.24. The molecular formula is C14H19NO2S. The van der Waals surface area contributed by atoms with E-state index in [1.54, 1.807) is 6.07 Å². The Morgan fingerprint density at radius 3 is 2.89 bits per heavy atom.